The molecule has 1 N–H and O–H groups in total. The second-order valence-corrected chi connectivity index (χ2v) is 6.15. The highest BCUT2D eigenvalue weighted by Gasteiger charge is 2.19. The summed E-state index contributed by atoms with van der Waals surface area (Å²) in [7, 11) is 0. The number of piperazine rings is 1. The Morgan fingerprint density at radius 2 is 1.91 bits per heavy atom. The first-order valence-electron chi connectivity index (χ1n) is 8.59. The van der Waals surface area contributed by atoms with E-state index in [0.717, 1.165) is 44.2 Å². The average molecular weight is 319 g/mol. The summed E-state index contributed by atoms with van der Waals surface area (Å²) in [5.41, 5.74) is 0.949. The van der Waals surface area contributed by atoms with Crippen molar-refractivity contribution < 1.29 is 9.53 Å². The number of carbonyl (C=O) groups is 1. The summed E-state index contributed by atoms with van der Waals surface area (Å²) in [6.07, 6.45) is 0.650. The zero-order valence-corrected chi connectivity index (χ0v) is 14.5. The minimum absolute atomic E-state index is 0.134. The highest BCUT2D eigenvalue weighted by molar-refractivity contribution is 5.77. The molecule has 1 aromatic carbocycles. The minimum atomic E-state index is 0.134. The minimum Gasteiger partial charge on any atom is -0.489 e. The largest absolute Gasteiger partial charge is 0.489 e. The fourth-order valence-electron chi connectivity index (χ4n) is 2.75. The molecule has 0 saturated carbocycles. The van der Waals surface area contributed by atoms with Gasteiger partial charge in [0, 0.05) is 39.1 Å². The molecule has 1 fully saturated rings. The number of ether oxygens (including phenoxy) is 1. The maximum absolute atomic E-state index is 12.3. The van der Waals surface area contributed by atoms with Gasteiger partial charge in [0.1, 0.15) is 5.75 Å². The van der Waals surface area contributed by atoms with Gasteiger partial charge in [-0.05, 0) is 32.5 Å². The third-order valence-electron chi connectivity index (χ3n) is 4.08. The molecule has 1 heterocycles. The maximum Gasteiger partial charge on any atom is 0.224 e. The van der Waals surface area contributed by atoms with Crippen LogP contribution in [0.25, 0.3) is 0 Å². The Labute approximate surface area is 139 Å². The lowest BCUT2D eigenvalue weighted by Crippen LogP contribution is -2.48. The Kier molecular flexibility index (Phi) is 6.71. The number of hydrogen-bond acceptors (Lipinski definition) is 4. The maximum atomic E-state index is 12.3. The number of rotatable bonds is 7. The molecular formula is C18H29N3O2. The molecule has 1 amide bonds. The van der Waals surface area contributed by atoms with Gasteiger partial charge in [-0.1, -0.05) is 19.1 Å². The van der Waals surface area contributed by atoms with Gasteiger partial charge in [0.15, 0.2) is 0 Å². The van der Waals surface area contributed by atoms with Gasteiger partial charge in [0.25, 0.3) is 0 Å². The quantitative estimate of drug-likeness (QED) is 0.838. The summed E-state index contributed by atoms with van der Waals surface area (Å²) < 4.78 is 5.78. The van der Waals surface area contributed by atoms with E-state index in [0.29, 0.717) is 13.0 Å². The van der Waals surface area contributed by atoms with Crippen LogP contribution in [0.2, 0.25) is 0 Å². The standard InChI is InChI=1S/C18H29N3O2/c1-4-20-11-13-21(14-12-20)18(22)9-10-19-16-7-5-6-8-17(16)23-15(2)3/h5-8,15,19H,4,9-14H2,1-3H3. The second kappa shape index (κ2) is 8.77. The Morgan fingerprint density at radius 1 is 1.22 bits per heavy atom. The van der Waals surface area contributed by atoms with Crippen LogP contribution in [0.3, 0.4) is 0 Å². The van der Waals surface area contributed by atoms with Crippen LogP contribution in [0.15, 0.2) is 24.3 Å². The molecule has 0 atom stereocenters. The monoisotopic (exact) mass is 319 g/mol. The smallest absolute Gasteiger partial charge is 0.224 e. The van der Waals surface area contributed by atoms with Gasteiger partial charge in [-0.3, -0.25) is 4.79 Å². The number of amides is 1. The van der Waals surface area contributed by atoms with Crippen LogP contribution in [-0.4, -0.2) is 61.1 Å². The SMILES string of the molecule is CCN1CCN(C(=O)CCNc2ccccc2OC(C)C)CC1. The van der Waals surface area contributed by atoms with Crippen molar-refractivity contribution in [1.82, 2.24) is 9.80 Å². The van der Waals surface area contributed by atoms with Crippen molar-refractivity contribution in [3.63, 3.8) is 0 Å². The normalized spacial score (nSPS) is 15.7. The first-order chi connectivity index (χ1) is 11.1. The van der Waals surface area contributed by atoms with E-state index in [2.05, 4.69) is 17.1 Å². The number of hydrogen-bond donors (Lipinski definition) is 1. The van der Waals surface area contributed by atoms with Gasteiger partial charge in [0.05, 0.1) is 11.8 Å². The van der Waals surface area contributed by atoms with Crippen LogP contribution >= 0.6 is 0 Å². The van der Waals surface area contributed by atoms with Gasteiger partial charge in [0.2, 0.25) is 5.91 Å². The molecule has 5 heteroatoms. The van der Waals surface area contributed by atoms with Crippen molar-refractivity contribution in [3.05, 3.63) is 24.3 Å². The highest BCUT2D eigenvalue weighted by atomic mass is 16.5. The van der Waals surface area contributed by atoms with E-state index in [4.69, 9.17) is 4.74 Å². The first kappa shape index (κ1) is 17.6. The van der Waals surface area contributed by atoms with E-state index < -0.39 is 0 Å². The van der Waals surface area contributed by atoms with Crippen LogP contribution < -0.4 is 10.1 Å². The van der Waals surface area contributed by atoms with Crippen molar-refractivity contribution in [3.8, 4) is 5.75 Å². The van der Waals surface area contributed by atoms with Crippen LogP contribution in [0, 0.1) is 0 Å². The van der Waals surface area contributed by atoms with E-state index in [-0.39, 0.29) is 12.0 Å². The lowest BCUT2D eigenvalue weighted by molar-refractivity contribution is -0.132. The molecule has 1 aliphatic rings. The molecular weight excluding hydrogens is 290 g/mol. The van der Waals surface area contributed by atoms with Crippen molar-refractivity contribution in [2.75, 3.05) is 44.6 Å². The molecule has 128 valence electrons. The van der Waals surface area contributed by atoms with Gasteiger partial charge in [-0.2, -0.15) is 0 Å². The molecule has 0 aromatic heterocycles. The Balaban J connectivity index is 1.78. The fourth-order valence-corrected chi connectivity index (χ4v) is 2.75. The molecule has 23 heavy (non-hydrogen) atoms. The molecule has 0 unspecified atom stereocenters. The number of benzene rings is 1. The summed E-state index contributed by atoms with van der Waals surface area (Å²) >= 11 is 0. The number of nitrogens with one attached hydrogen (secondary N) is 1. The van der Waals surface area contributed by atoms with E-state index in [1.54, 1.807) is 0 Å². The zero-order chi connectivity index (χ0) is 16.7. The van der Waals surface area contributed by atoms with Crippen molar-refractivity contribution in [2.45, 2.75) is 33.3 Å². The summed E-state index contributed by atoms with van der Waals surface area (Å²) in [5.74, 6) is 1.07. The summed E-state index contributed by atoms with van der Waals surface area (Å²) in [6, 6.07) is 7.87. The van der Waals surface area contributed by atoms with Crippen LogP contribution in [0.5, 0.6) is 5.75 Å². The fraction of sp³-hybridized carbons (Fsp3) is 0.611. The topological polar surface area (TPSA) is 44.8 Å². The second-order valence-electron chi connectivity index (χ2n) is 6.15. The number of carbonyl (C=O) groups excluding carboxylic acids is 1. The van der Waals surface area contributed by atoms with Gasteiger partial charge >= 0.3 is 0 Å². The predicted octanol–water partition coefficient (Wildman–Crippen LogP) is 2.44. The van der Waals surface area contributed by atoms with Crippen molar-refractivity contribution >= 4 is 11.6 Å². The molecule has 0 aliphatic carbocycles. The molecule has 1 aromatic rings. The van der Waals surface area contributed by atoms with Crippen molar-refractivity contribution in [1.29, 1.82) is 0 Å². The third kappa shape index (κ3) is 5.43. The lowest BCUT2D eigenvalue weighted by atomic mass is 10.2. The molecule has 1 saturated heterocycles. The van der Waals surface area contributed by atoms with Gasteiger partial charge in [-0.25, -0.2) is 0 Å². The number of nitrogens with zero attached hydrogens (tertiary/aromatic N) is 2. The molecule has 1 aliphatic heterocycles. The van der Waals surface area contributed by atoms with E-state index >= 15 is 0 Å². The number of para-hydroxylation sites is 2. The Hall–Kier alpha value is -1.75. The third-order valence-corrected chi connectivity index (χ3v) is 4.08. The molecule has 0 radical (unpaired) electrons. The van der Waals surface area contributed by atoms with Crippen LogP contribution in [0.1, 0.15) is 27.2 Å². The summed E-state index contributed by atoms with van der Waals surface area (Å²) in [5, 5.41) is 3.33. The average Bonchev–Trinajstić information content (AvgIpc) is 2.56. The molecule has 0 spiro atoms. The molecule has 5 nitrogen and oxygen atoms in total. The molecule has 0 bridgehead atoms. The van der Waals surface area contributed by atoms with Crippen LogP contribution in [0.4, 0.5) is 5.69 Å². The Morgan fingerprint density at radius 3 is 2.57 bits per heavy atom. The summed E-state index contributed by atoms with van der Waals surface area (Å²) in [6.45, 7) is 11.5. The van der Waals surface area contributed by atoms with E-state index in [1.807, 2.05) is 43.0 Å². The zero-order valence-electron chi connectivity index (χ0n) is 14.5. The van der Waals surface area contributed by atoms with Gasteiger partial charge < -0.3 is 19.9 Å². The molecule has 2 rings (SSSR count). The van der Waals surface area contributed by atoms with Crippen LogP contribution in [-0.2, 0) is 4.79 Å². The predicted molar refractivity (Wildman–Crippen MR) is 94.0 cm³/mol. The van der Waals surface area contributed by atoms with Gasteiger partial charge in [-0.15, -0.1) is 0 Å². The number of likely N-dealkylation sites (N-methyl/N-ethyl adjacent to an activating group) is 1. The first-order valence-corrected chi connectivity index (χ1v) is 8.59. The summed E-state index contributed by atoms with van der Waals surface area (Å²) in [4.78, 5) is 16.6. The van der Waals surface area contributed by atoms with E-state index in [1.165, 1.54) is 0 Å². The Bertz CT molecular complexity index is 497. The van der Waals surface area contributed by atoms with E-state index in [9.17, 15) is 4.79 Å². The van der Waals surface area contributed by atoms with Crippen molar-refractivity contribution in [2.24, 2.45) is 0 Å². The highest BCUT2D eigenvalue weighted by Crippen LogP contribution is 2.24. The number of anilines is 1. The lowest BCUT2D eigenvalue weighted by Gasteiger charge is -2.34.